The number of nitrogens with one attached hydrogen (secondary N) is 3. The van der Waals surface area contributed by atoms with Gasteiger partial charge in [0.1, 0.15) is 11.9 Å². The van der Waals surface area contributed by atoms with Gasteiger partial charge in [-0.3, -0.25) is 15.0 Å². The van der Waals surface area contributed by atoms with Gasteiger partial charge in [0.2, 0.25) is 15.7 Å². The first-order chi connectivity index (χ1) is 14.7. The predicted octanol–water partition coefficient (Wildman–Crippen LogP) is 0.487. The molecule has 1 amide bonds. The Balaban J connectivity index is 1.68. The average molecular weight is 439 g/mol. The fourth-order valence-electron chi connectivity index (χ4n) is 2.60. The third kappa shape index (κ3) is 5.30. The fourth-order valence-corrected chi connectivity index (χ4v) is 3.11. The van der Waals surface area contributed by atoms with Crippen molar-refractivity contribution in [1.82, 2.24) is 15.3 Å². The molecule has 1 aromatic heterocycles. The van der Waals surface area contributed by atoms with Crippen molar-refractivity contribution in [1.29, 1.82) is 5.26 Å². The number of carbonyl (C=O) groups is 1. The van der Waals surface area contributed by atoms with Gasteiger partial charge in [0.15, 0.2) is 0 Å². The van der Waals surface area contributed by atoms with Crippen molar-refractivity contribution in [3.05, 3.63) is 64.2 Å². The number of hydrogen-bond acceptors (Lipinski definition) is 8. The van der Waals surface area contributed by atoms with Crippen LogP contribution in [0.15, 0.2) is 57.3 Å². The van der Waals surface area contributed by atoms with Crippen LogP contribution in [0.1, 0.15) is 11.4 Å². The predicted molar refractivity (Wildman–Crippen MR) is 113 cm³/mol. The first-order valence-electron chi connectivity index (χ1n) is 8.82. The highest BCUT2D eigenvalue weighted by Crippen LogP contribution is 2.12. The maximum Gasteiger partial charge on any atom is 0.283 e. The number of rotatable bonds is 6. The number of sulfonamides is 1. The zero-order valence-corrected chi connectivity index (χ0v) is 17.0. The number of amides is 1. The number of aromatic amines is 1. The molecule has 0 radical (unpaired) electrons. The normalized spacial score (nSPS) is 11.7. The SMILES string of the molecule is Cc1ccc2nc(CNC(=O)/C(C#N)=N\Nc3ccc(S(N)(=O)=O)cc3)[nH]c(=O)c2c1. The molecular formula is C19H17N7O4S. The van der Waals surface area contributed by atoms with Gasteiger partial charge in [-0.25, -0.2) is 18.5 Å². The summed E-state index contributed by atoms with van der Waals surface area (Å²) in [6, 6.07) is 12.2. The molecule has 12 heteroatoms. The Morgan fingerprint density at radius 3 is 2.61 bits per heavy atom. The Labute approximate surface area is 176 Å². The van der Waals surface area contributed by atoms with Crippen LogP contribution in [0.3, 0.4) is 0 Å². The second kappa shape index (κ2) is 8.74. The molecule has 0 spiro atoms. The van der Waals surface area contributed by atoms with Crippen LogP contribution in [0.4, 0.5) is 5.69 Å². The largest absolute Gasteiger partial charge is 0.343 e. The second-order valence-corrected chi connectivity index (χ2v) is 8.03. The van der Waals surface area contributed by atoms with E-state index in [9.17, 15) is 23.3 Å². The minimum absolute atomic E-state index is 0.0904. The summed E-state index contributed by atoms with van der Waals surface area (Å²) in [5.41, 5.74) is 3.41. The number of benzene rings is 2. The van der Waals surface area contributed by atoms with Gasteiger partial charge in [0.25, 0.3) is 11.5 Å². The van der Waals surface area contributed by atoms with E-state index in [1.165, 1.54) is 24.3 Å². The van der Waals surface area contributed by atoms with Crippen LogP contribution in [-0.2, 0) is 21.4 Å². The molecule has 0 bridgehead atoms. The third-order valence-electron chi connectivity index (χ3n) is 4.13. The van der Waals surface area contributed by atoms with Crippen LogP contribution in [0.5, 0.6) is 0 Å². The molecule has 158 valence electrons. The number of nitriles is 1. The molecule has 2 aromatic carbocycles. The van der Waals surface area contributed by atoms with E-state index < -0.39 is 21.6 Å². The topological polar surface area (TPSA) is 183 Å². The standard InChI is InChI=1S/C19H17N7O4S/c1-11-2-7-15-14(8-11)18(27)24-17(23-15)10-22-19(28)16(9-20)26-25-12-3-5-13(6-4-12)31(21,29)30/h2-8,25H,10H2,1H3,(H,22,28)(H2,21,29,30)(H,23,24,27)/b26-16-. The lowest BCUT2D eigenvalue weighted by Gasteiger charge is -2.06. The van der Waals surface area contributed by atoms with Crippen LogP contribution in [0.25, 0.3) is 10.9 Å². The van der Waals surface area contributed by atoms with E-state index in [0.717, 1.165) is 5.56 Å². The zero-order chi connectivity index (χ0) is 22.6. The number of hydrazone groups is 1. The summed E-state index contributed by atoms with van der Waals surface area (Å²) in [6.45, 7) is 1.74. The lowest BCUT2D eigenvalue weighted by molar-refractivity contribution is -0.114. The van der Waals surface area contributed by atoms with Gasteiger partial charge in [-0.05, 0) is 43.3 Å². The molecule has 3 rings (SSSR count). The molecule has 0 saturated carbocycles. The van der Waals surface area contributed by atoms with E-state index >= 15 is 0 Å². The summed E-state index contributed by atoms with van der Waals surface area (Å²) in [6.07, 6.45) is 0. The minimum atomic E-state index is -3.83. The maximum atomic E-state index is 12.2. The number of primary sulfonamides is 1. The summed E-state index contributed by atoms with van der Waals surface area (Å²) in [5.74, 6) is -0.568. The first kappa shape index (κ1) is 21.6. The van der Waals surface area contributed by atoms with Gasteiger partial charge >= 0.3 is 0 Å². The van der Waals surface area contributed by atoms with Gasteiger partial charge in [-0.1, -0.05) is 11.6 Å². The summed E-state index contributed by atoms with van der Waals surface area (Å²) < 4.78 is 22.5. The summed E-state index contributed by atoms with van der Waals surface area (Å²) in [5, 5.41) is 20.8. The summed E-state index contributed by atoms with van der Waals surface area (Å²) in [4.78, 5) is 31.2. The van der Waals surface area contributed by atoms with E-state index in [1.807, 2.05) is 13.0 Å². The summed E-state index contributed by atoms with van der Waals surface area (Å²) >= 11 is 0. The Kier molecular flexibility index (Phi) is 6.10. The molecular weight excluding hydrogens is 422 g/mol. The molecule has 0 unspecified atom stereocenters. The Morgan fingerprint density at radius 2 is 1.97 bits per heavy atom. The lowest BCUT2D eigenvalue weighted by Crippen LogP contribution is -2.31. The molecule has 11 nitrogen and oxygen atoms in total. The zero-order valence-electron chi connectivity index (χ0n) is 16.2. The third-order valence-corrected chi connectivity index (χ3v) is 5.06. The number of aryl methyl sites for hydroxylation is 1. The smallest absolute Gasteiger partial charge is 0.283 e. The van der Waals surface area contributed by atoms with Crippen LogP contribution in [-0.4, -0.2) is 30.0 Å². The number of fused-ring (bicyclic) bond motifs is 1. The van der Waals surface area contributed by atoms with Gasteiger partial charge in [0, 0.05) is 0 Å². The van der Waals surface area contributed by atoms with Crippen LogP contribution in [0, 0.1) is 18.3 Å². The van der Waals surface area contributed by atoms with Gasteiger partial charge < -0.3 is 10.3 Å². The summed E-state index contributed by atoms with van der Waals surface area (Å²) in [7, 11) is -3.83. The van der Waals surface area contributed by atoms with E-state index in [1.54, 1.807) is 18.2 Å². The van der Waals surface area contributed by atoms with Crippen molar-refractivity contribution < 1.29 is 13.2 Å². The Morgan fingerprint density at radius 1 is 1.26 bits per heavy atom. The number of nitrogens with two attached hydrogens (primary N) is 1. The minimum Gasteiger partial charge on any atom is -0.343 e. The van der Waals surface area contributed by atoms with Crippen LogP contribution in [0.2, 0.25) is 0 Å². The van der Waals surface area contributed by atoms with E-state index in [4.69, 9.17) is 5.14 Å². The highest BCUT2D eigenvalue weighted by Gasteiger charge is 2.13. The molecule has 1 heterocycles. The van der Waals surface area contributed by atoms with Crippen LogP contribution < -0.4 is 21.4 Å². The number of nitrogens with zero attached hydrogens (tertiary/aromatic N) is 3. The van der Waals surface area contributed by atoms with Gasteiger partial charge in [-0.2, -0.15) is 10.4 Å². The monoisotopic (exact) mass is 439 g/mol. The maximum absolute atomic E-state index is 12.2. The fraction of sp³-hybridized carbons (Fsp3) is 0.105. The van der Waals surface area contributed by atoms with Crippen molar-refractivity contribution >= 4 is 38.2 Å². The lowest BCUT2D eigenvalue weighted by atomic mass is 10.2. The van der Waals surface area contributed by atoms with Crippen molar-refractivity contribution in [3.8, 4) is 6.07 Å². The Hall–Kier alpha value is -4.08. The van der Waals surface area contributed by atoms with E-state index in [0.29, 0.717) is 16.6 Å². The Bertz CT molecular complexity index is 1390. The van der Waals surface area contributed by atoms with Crippen molar-refractivity contribution in [2.45, 2.75) is 18.4 Å². The number of hydrogen-bond donors (Lipinski definition) is 4. The molecule has 31 heavy (non-hydrogen) atoms. The average Bonchev–Trinajstić information content (AvgIpc) is 2.73. The van der Waals surface area contributed by atoms with Crippen molar-refractivity contribution in [3.63, 3.8) is 0 Å². The van der Waals surface area contributed by atoms with Gasteiger partial charge in [0.05, 0.1) is 28.0 Å². The number of anilines is 1. The number of aromatic nitrogens is 2. The van der Waals surface area contributed by atoms with Crippen LogP contribution >= 0.6 is 0 Å². The number of H-pyrrole nitrogens is 1. The first-order valence-corrected chi connectivity index (χ1v) is 10.4. The molecule has 0 aliphatic rings. The molecule has 0 fully saturated rings. The molecule has 3 aromatic rings. The van der Waals surface area contributed by atoms with Gasteiger partial charge in [-0.15, -0.1) is 0 Å². The highest BCUT2D eigenvalue weighted by molar-refractivity contribution is 7.89. The molecule has 0 aliphatic carbocycles. The van der Waals surface area contributed by atoms with Crippen molar-refractivity contribution in [2.75, 3.05) is 5.43 Å². The molecule has 0 atom stereocenters. The quantitative estimate of drug-likeness (QED) is 0.318. The molecule has 0 saturated heterocycles. The molecule has 0 aliphatic heterocycles. The van der Waals surface area contributed by atoms with E-state index in [2.05, 4.69) is 25.8 Å². The second-order valence-electron chi connectivity index (χ2n) is 6.47. The van der Waals surface area contributed by atoms with E-state index in [-0.39, 0.29) is 22.8 Å². The number of carbonyl (C=O) groups excluding carboxylic acids is 1. The molecule has 5 N–H and O–H groups in total. The highest BCUT2D eigenvalue weighted by atomic mass is 32.2. The van der Waals surface area contributed by atoms with Crippen molar-refractivity contribution in [2.24, 2.45) is 10.2 Å².